The molecular weight excluding hydrogens is 252 g/mol. The van der Waals surface area contributed by atoms with E-state index in [2.05, 4.69) is 15.9 Å². The van der Waals surface area contributed by atoms with E-state index in [4.69, 9.17) is 0 Å². The minimum atomic E-state index is -3.07. The van der Waals surface area contributed by atoms with Crippen LogP contribution in [0.3, 0.4) is 0 Å². The fourth-order valence-corrected chi connectivity index (χ4v) is 2.88. The zero-order valence-corrected chi connectivity index (χ0v) is 9.73. The molecule has 0 aromatic heterocycles. The summed E-state index contributed by atoms with van der Waals surface area (Å²) in [7, 11) is -3.07. The summed E-state index contributed by atoms with van der Waals surface area (Å²) in [4.78, 5) is 0.439. The predicted molar refractivity (Wildman–Crippen MR) is 56.8 cm³/mol. The van der Waals surface area contributed by atoms with Gasteiger partial charge in [0.05, 0.1) is 10.6 Å². The second kappa shape index (κ2) is 4.24. The first-order valence-corrected chi connectivity index (χ1v) is 6.76. The van der Waals surface area contributed by atoms with E-state index in [9.17, 15) is 8.42 Å². The monoisotopic (exact) mass is 262 g/mol. The molecular formula is C9H11BrO2S. The van der Waals surface area contributed by atoms with Gasteiger partial charge in [0.25, 0.3) is 0 Å². The number of rotatable bonds is 3. The number of alkyl halides is 1. The molecule has 0 heterocycles. The molecule has 0 aliphatic heterocycles. The van der Waals surface area contributed by atoms with Gasteiger partial charge in [-0.1, -0.05) is 41.1 Å². The standard InChI is InChI=1S/C9H11BrO2S/c1-2-13(11,12)9-6-4-3-5-8(9)7-10/h3-6H,2,7H2,1H3. The molecule has 0 fully saturated rings. The van der Waals surface area contributed by atoms with Gasteiger partial charge in [-0.25, -0.2) is 8.42 Å². The van der Waals surface area contributed by atoms with Crippen LogP contribution in [0, 0.1) is 0 Å². The normalized spacial score (nSPS) is 11.5. The number of hydrogen-bond donors (Lipinski definition) is 0. The highest BCUT2D eigenvalue weighted by Crippen LogP contribution is 2.18. The molecule has 0 N–H and O–H groups in total. The molecule has 1 rings (SSSR count). The number of benzene rings is 1. The van der Waals surface area contributed by atoms with Gasteiger partial charge in [-0.3, -0.25) is 0 Å². The van der Waals surface area contributed by atoms with Crippen molar-refractivity contribution in [3.63, 3.8) is 0 Å². The van der Waals surface area contributed by atoms with Crippen molar-refractivity contribution >= 4 is 25.8 Å². The largest absolute Gasteiger partial charge is 0.224 e. The summed E-state index contributed by atoms with van der Waals surface area (Å²) in [5.74, 6) is 0.150. The second-order valence-electron chi connectivity index (χ2n) is 2.64. The first-order chi connectivity index (χ1) is 6.11. The average molecular weight is 263 g/mol. The first kappa shape index (κ1) is 10.7. The van der Waals surface area contributed by atoms with Crippen LogP contribution in [0.4, 0.5) is 0 Å². The van der Waals surface area contributed by atoms with Gasteiger partial charge < -0.3 is 0 Å². The fourth-order valence-electron chi connectivity index (χ4n) is 1.07. The van der Waals surface area contributed by atoms with E-state index < -0.39 is 9.84 Å². The Bertz CT molecular complexity index is 384. The van der Waals surface area contributed by atoms with Crippen molar-refractivity contribution in [2.75, 3.05) is 5.75 Å². The quantitative estimate of drug-likeness (QED) is 0.784. The Labute approximate surface area is 87.0 Å². The number of sulfone groups is 1. The first-order valence-electron chi connectivity index (χ1n) is 3.98. The van der Waals surface area contributed by atoms with Crippen LogP contribution in [0.2, 0.25) is 0 Å². The lowest BCUT2D eigenvalue weighted by molar-refractivity contribution is 0.596. The molecule has 0 atom stereocenters. The van der Waals surface area contributed by atoms with Crippen LogP contribution in [-0.4, -0.2) is 14.2 Å². The summed E-state index contributed by atoms with van der Waals surface area (Å²) in [5, 5.41) is 0.572. The molecule has 4 heteroatoms. The van der Waals surface area contributed by atoms with Crippen molar-refractivity contribution in [3.05, 3.63) is 29.8 Å². The molecule has 0 saturated heterocycles. The molecule has 72 valence electrons. The van der Waals surface area contributed by atoms with Crippen molar-refractivity contribution in [2.45, 2.75) is 17.1 Å². The van der Waals surface area contributed by atoms with Crippen LogP contribution in [0.5, 0.6) is 0 Å². The van der Waals surface area contributed by atoms with E-state index in [1.54, 1.807) is 19.1 Å². The van der Waals surface area contributed by atoms with Crippen LogP contribution in [0.1, 0.15) is 12.5 Å². The molecule has 2 nitrogen and oxygen atoms in total. The van der Waals surface area contributed by atoms with Crippen LogP contribution < -0.4 is 0 Å². The average Bonchev–Trinajstić information content (AvgIpc) is 2.18. The molecule has 13 heavy (non-hydrogen) atoms. The summed E-state index contributed by atoms with van der Waals surface area (Å²) >= 11 is 3.27. The maximum absolute atomic E-state index is 11.6. The lowest BCUT2D eigenvalue weighted by Crippen LogP contribution is -2.06. The van der Waals surface area contributed by atoms with Gasteiger partial charge in [-0.15, -0.1) is 0 Å². The van der Waals surface area contributed by atoms with E-state index in [0.29, 0.717) is 10.2 Å². The minimum Gasteiger partial charge on any atom is -0.224 e. The second-order valence-corrected chi connectivity index (χ2v) is 5.45. The Morgan fingerprint density at radius 1 is 1.31 bits per heavy atom. The molecule has 1 aromatic carbocycles. The van der Waals surface area contributed by atoms with E-state index >= 15 is 0 Å². The Morgan fingerprint density at radius 2 is 1.92 bits per heavy atom. The van der Waals surface area contributed by atoms with Crippen LogP contribution in [0.25, 0.3) is 0 Å². The van der Waals surface area contributed by atoms with Gasteiger partial charge in [0.2, 0.25) is 0 Å². The van der Waals surface area contributed by atoms with Gasteiger partial charge >= 0.3 is 0 Å². The van der Waals surface area contributed by atoms with Crippen molar-refractivity contribution in [1.82, 2.24) is 0 Å². The molecule has 1 aromatic rings. The molecule has 0 aliphatic carbocycles. The maximum atomic E-state index is 11.6. The molecule has 0 bridgehead atoms. The van der Waals surface area contributed by atoms with Gasteiger partial charge in [-0.05, 0) is 11.6 Å². The smallest absolute Gasteiger partial charge is 0.178 e. The highest BCUT2D eigenvalue weighted by molar-refractivity contribution is 9.08. The Hall–Kier alpha value is -0.350. The topological polar surface area (TPSA) is 34.1 Å². The summed E-state index contributed by atoms with van der Waals surface area (Å²) in [6, 6.07) is 7.05. The van der Waals surface area contributed by atoms with Crippen molar-refractivity contribution in [2.24, 2.45) is 0 Å². The van der Waals surface area contributed by atoms with E-state index in [0.717, 1.165) is 5.56 Å². The van der Waals surface area contributed by atoms with Gasteiger partial charge in [0.1, 0.15) is 0 Å². The van der Waals surface area contributed by atoms with Crippen LogP contribution in [0.15, 0.2) is 29.2 Å². The zero-order chi connectivity index (χ0) is 9.90. The number of hydrogen-bond acceptors (Lipinski definition) is 2. The molecule has 0 aliphatic rings. The third-order valence-corrected chi connectivity index (χ3v) is 4.26. The Balaban J connectivity index is 3.29. The van der Waals surface area contributed by atoms with Crippen molar-refractivity contribution in [3.8, 4) is 0 Å². The van der Waals surface area contributed by atoms with E-state index in [-0.39, 0.29) is 5.75 Å². The molecule has 0 radical (unpaired) electrons. The van der Waals surface area contributed by atoms with E-state index in [1.807, 2.05) is 12.1 Å². The van der Waals surface area contributed by atoms with Gasteiger partial charge in [0.15, 0.2) is 9.84 Å². The van der Waals surface area contributed by atoms with Crippen molar-refractivity contribution < 1.29 is 8.42 Å². The molecule has 0 saturated carbocycles. The number of halogens is 1. The van der Waals surface area contributed by atoms with Crippen LogP contribution in [-0.2, 0) is 15.2 Å². The fraction of sp³-hybridized carbons (Fsp3) is 0.333. The highest BCUT2D eigenvalue weighted by Gasteiger charge is 2.14. The highest BCUT2D eigenvalue weighted by atomic mass is 79.9. The maximum Gasteiger partial charge on any atom is 0.178 e. The Morgan fingerprint density at radius 3 is 2.46 bits per heavy atom. The third-order valence-electron chi connectivity index (χ3n) is 1.83. The lowest BCUT2D eigenvalue weighted by Gasteiger charge is -2.05. The Kier molecular flexibility index (Phi) is 3.50. The minimum absolute atomic E-state index is 0.150. The molecule has 0 amide bonds. The summed E-state index contributed by atoms with van der Waals surface area (Å²) in [6.07, 6.45) is 0. The van der Waals surface area contributed by atoms with E-state index in [1.165, 1.54) is 0 Å². The summed E-state index contributed by atoms with van der Waals surface area (Å²) in [5.41, 5.74) is 0.823. The SMILES string of the molecule is CCS(=O)(=O)c1ccccc1CBr. The summed E-state index contributed by atoms with van der Waals surface area (Å²) < 4.78 is 23.1. The third kappa shape index (κ3) is 2.31. The van der Waals surface area contributed by atoms with Gasteiger partial charge in [-0.2, -0.15) is 0 Å². The van der Waals surface area contributed by atoms with Crippen LogP contribution >= 0.6 is 15.9 Å². The molecule has 0 unspecified atom stereocenters. The predicted octanol–water partition coefficient (Wildman–Crippen LogP) is 2.38. The summed E-state index contributed by atoms with van der Waals surface area (Å²) in [6.45, 7) is 1.65. The molecule has 0 spiro atoms. The van der Waals surface area contributed by atoms with Gasteiger partial charge in [0, 0.05) is 5.33 Å². The van der Waals surface area contributed by atoms with Crippen molar-refractivity contribution in [1.29, 1.82) is 0 Å². The zero-order valence-electron chi connectivity index (χ0n) is 7.33. The lowest BCUT2D eigenvalue weighted by atomic mass is 10.2.